The van der Waals surface area contributed by atoms with Crippen LogP contribution in [0.3, 0.4) is 0 Å². The number of pyridine rings is 1. The van der Waals surface area contributed by atoms with E-state index in [4.69, 9.17) is 9.47 Å². The van der Waals surface area contributed by atoms with Crippen LogP contribution in [-0.2, 0) is 9.53 Å². The molecule has 3 aromatic rings. The molecular weight excluding hydrogens is 376 g/mol. The van der Waals surface area contributed by atoms with E-state index < -0.39 is 4.92 Å². The van der Waals surface area contributed by atoms with Crippen molar-refractivity contribution in [2.75, 3.05) is 19.8 Å². The molecule has 1 fully saturated rings. The summed E-state index contributed by atoms with van der Waals surface area (Å²) in [5.74, 6) is 0.381. The highest BCUT2D eigenvalue weighted by Gasteiger charge is 2.16. The zero-order chi connectivity index (χ0) is 20.2. The molecule has 0 aliphatic carbocycles. The van der Waals surface area contributed by atoms with Crippen LogP contribution >= 0.6 is 0 Å². The first-order valence-electron chi connectivity index (χ1n) is 9.33. The monoisotopic (exact) mass is 396 g/mol. The lowest BCUT2D eigenvalue weighted by molar-refractivity contribution is -0.385. The Hall–Kier alpha value is -3.46. The molecule has 1 unspecified atom stereocenters. The van der Waals surface area contributed by atoms with Crippen molar-refractivity contribution in [3.63, 3.8) is 0 Å². The van der Waals surface area contributed by atoms with E-state index in [0.717, 1.165) is 25.0 Å². The van der Waals surface area contributed by atoms with Gasteiger partial charge in [0, 0.05) is 31.0 Å². The van der Waals surface area contributed by atoms with Gasteiger partial charge in [0.05, 0.1) is 22.9 Å². The second kappa shape index (κ2) is 8.27. The fourth-order valence-electron chi connectivity index (χ4n) is 3.18. The van der Waals surface area contributed by atoms with Crippen LogP contribution in [0, 0.1) is 10.1 Å². The zero-order valence-corrected chi connectivity index (χ0v) is 15.6. The maximum Gasteiger partial charge on any atom is 0.286 e. The Morgan fingerprint density at radius 2 is 2.10 bits per heavy atom. The van der Waals surface area contributed by atoms with Crippen LogP contribution in [0.5, 0.6) is 5.75 Å². The van der Waals surface area contributed by atoms with E-state index in [1.54, 1.807) is 28.8 Å². The van der Waals surface area contributed by atoms with E-state index in [1.165, 1.54) is 12.3 Å². The Bertz CT molecular complexity index is 1030. The van der Waals surface area contributed by atoms with Crippen LogP contribution in [0.4, 0.5) is 5.69 Å². The smallest absolute Gasteiger partial charge is 0.286 e. The normalized spacial score (nSPS) is 16.1. The van der Waals surface area contributed by atoms with Gasteiger partial charge >= 0.3 is 0 Å². The summed E-state index contributed by atoms with van der Waals surface area (Å²) in [7, 11) is 0. The molecule has 0 spiro atoms. The number of carbonyl (C=O) groups excluding carboxylic acids is 1. The molecule has 4 rings (SSSR count). The van der Waals surface area contributed by atoms with Gasteiger partial charge in [-0.25, -0.2) is 4.98 Å². The number of fused-ring (bicyclic) bond motifs is 1. The van der Waals surface area contributed by atoms with Crippen molar-refractivity contribution < 1.29 is 19.2 Å². The average molecular weight is 396 g/mol. The van der Waals surface area contributed by atoms with Crippen LogP contribution in [0.2, 0.25) is 0 Å². The van der Waals surface area contributed by atoms with Crippen molar-refractivity contribution in [3.8, 4) is 17.0 Å². The number of imidazole rings is 1. The molecule has 1 aromatic carbocycles. The molecule has 1 aliphatic heterocycles. The summed E-state index contributed by atoms with van der Waals surface area (Å²) < 4.78 is 12.6. The topological polar surface area (TPSA) is 108 Å². The minimum absolute atomic E-state index is 0.00275. The highest BCUT2D eigenvalue weighted by molar-refractivity contribution is 5.77. The first-order valence-corrected chi connectivity index (χ1v) is 9.33. The number of nitrogens with zero attached hydrogens (tertiary/aromatic N) is 3. The van der Waals surface area contributed by atoms with Crippen LogP contribution in [0.15, 0.2) is 48.8 Å². The summed E-state index contributed by atoms with van der Waals surface area (Å²) in [5, 5.41) is 13.7. The van der Waals surface area contributed by atoms with E-state index in [1.807, 2.05) is 12.1 Å². The van der Waals surface area contributed by atoms with E-state index >= 15 is 0 Å². The van der Waals surface area contributed by atoms with E-state index in [2.05, 4.69) is 10.3 Å². The maximum absolute atomic E-state index is 11.9. The number of ether oxygens (including phenoxy) is 2. The Morgan fingerprint density at radius 1 is 1.28 bits per heavy atom. The molecule has 29 heavy (non-hydrogen) atoms. The number of rotatable bonds is 7. The number of amides is 1. The Labute approximate surface area is 166 Å². The molecule has 1 atom stereocenters. The Morgan fingerprint density at radius 3 is 2.83 bits per heavy atom. The molecule has 1 amide bonds. The third-order valence-electron chi connectivity index (χ3n) is 4.72. The predicted octanol–water partition coefficient (Wildman–Crippen LogP) is 2.58. The van der Waals surface area contributed by atoms with Gasteiger partial charge in [-0.3, -0.25) is 19.3 Å². The van der Waals surface area contributed by atoms with Gasteiger partial charge in [-0.1, -0.05) is 0 Å². The molecule has 1 N–H and O–H groups in total. The van der Waals surface area contributed by atoms with Crippen LogP contribution < -0.4 is 10.1 Å². The van der Waals surface area contributed by atoms with Crippen LogP contribution in [0.1, 0.15) is 12.8 Å². The fraction of sp³-hybridized carbons (Fsp3) is 0.300. The lowest BCUT2D eigenvalue weighted by atomic mass is 10.2. The number of hydrogen-bond donors (Lipinski definition) is 1. The highest BCUT2D eigenvalue weighted by Crippen LogP contribution is 2.23. The third-order valence-corrected chi connectivity index (χ3v) is 4.72. The summed E-state index contributed by atoms with van der Waals surface area (Å²) in [6, 6.07) is 10.2. The molecular formula is C20H20N4O5. The summed E-state index contributed by atoms with van der Waals surface area (Å²) in [4.78, 5) is 26.8. The molecule has 2 aromatic heterocycles. The summed E-state index contributed by atoms with van der Waals surface area (Å²) in [5.41, 5.74) is 2.15. The molecule has 3 heterocycles. The number of aromatic nitrogens is 2. The molecule has 1 saturated heterocycles. The number of nitro groups is 1. The second-order valence-corrected chi connectivity index (χ2v) is 6.79. The van der Waals surface area contributed by atoms with Crippen LogP contribution in [0.25, 0.3) is 16.9 Å². The summed E-state index contributed by atoms with van der Waals surface area (Å²) in [6.45, 7) is 1.20. The van der Waals surface area contributed by atoms with Crippen molar-refractivity contribution in [1.82, 2.24) is 14.7 Å². The van der Waals surface area contributed by atoms with Crippen LogP contribution in [-0.4, -0.2) is 46.1 Å². The van der Waals surface area contributed by atoms with E-state index in [0.29, 0.717) is 23.6 Å². The predicted molar refractivity (Wildman–Crippen MR) is 105 cm³/mol. The van der Waals surface area contributed by atoms with Crippen molar-refractivity contribution in [3.05, 3.63) is 58.9 Å². The first-order chi connectivity index (χ1) is 14.1. The molecule has 150 valence electrons. The molecule has 0 bridgehead atoms. The SMILES string of the molecule is O=C(COc1ccc(-c2cn3cc([N+](=O)[O-])ccc3n2)cc1)NCC1CCCO1. The van der Waals surface area contributed by atoms with E-state index in [-0.39, 0.29) is 24.3 Å². The van der Waals surface area contributed by atoms with Crippen molar-refractivity contribution in [2.45, 2.75) is 18.9 Å². The standard InChI is InChI=1S/C20H20N4O5/c25-20(21-10-17-2-1-9-28-17)13-29-16-6-3-14(4-7-16)18-12-23-11-15(24(26)27)5-8-19(23)22-18/h3-8,11-12,17H,1-2,9-10,13H2,(H,21,25). The maximum atomic E-state index is 11.9. The molecule has 9 nitrogen and oxygen atoms in total. The lowest BCUT2D eigenvalue weighted by Gasteiger charge is -2.11. The average Bonchev–Trinajstić information content (AvgIpc) is 3.40. The largest absolute Gasteiger partial charge is 0.484 e. The number of benzene rings is 1. The highest BCUT2D eigenvalue weighted by atomic mass is 16.6. The van der Waals surface area contributed by atoms with Gasteiger partial charge in [0.1, 0.15) is 11.4 Å². The van der Waals surface area contributed by atoms with Gasteiger partial charge in [0.15, 0.2) is 6.61 Å². The molecule has 0 radical (unpaired) electrons. The summed E-state index contributed by atoms with van der Waals surface area (Å²) >= 11 is 0. The quantitative estimate of drug-likeness (QED) is 0.486. The van der Waals surface area contributed by atoms with E-state index in [9.17, 15) is 14.9 Å². The van der Waals surface area contributed by atoms with Gasteiger partial charge in [0.25, 0.3) is 11.6 Å². The fourth-order valence-corrected chi connectivity index (χ4v) is 3.18. The molecule has 1 aliphatic rings. The van der Waals surface area contributed by atoms with Crippen molar-refractivity contribution in [2.24, 2.45) is 0 Å². The van der Waals surface area contributed by atoms with Gasteiger partial charge in [-0.15, -0.1) is 0 Å². The van der Waals surface area contributed by atoms with Crippen molar-refractivity contribution >= 4 is 17.2 Å². The van der Waals surface area contributed by atoms with Gasteiger partial charge in [-0.05, 0) is 43.2 Å². The first kappa shape index (κ1) is 18.9. The second-order valence-electron chi connectivity index (χ2n) is 6.79. The van der Waals surface area contributed by atoms with Gasteiger partial charge in [-0.2, -0.15) is 0 Å². The number of nitrogens with one attached hydrogen (secondary N) is 1. The van der Waals surface area contributed by atoms with Gasteiger partial charge < -0.3 is 14.8 Å². The number of carbonyl (C=O) groups is 1. The molecule has 9 heteroatoms. The minimum atomic E-state index is -0.442. The zero-order valence-electron chi connectivity index (χ0n) is 15.6. The summed E-state index contributed by atoms with van der Waals surface area (Å²) in [6.07, 6.45) is 5.27. The minimum Gasteiger partial charge on any atom is -0.484 e. The van der Waals surface area contributed by atoms with Gasteiger partial charge in [0.2, 0.25) is 0 Å². The Balaban J connectivity index is 1.35. The Kier molecular flexibility index (Phi) is 5.39. The lowest BCUT2D eigenvalue weighted by Crippen LogP contribution is -2.35. The molecule has 0 saturated carbocycles. The third kappa shape index (κ3) is 4.52. The van der Waals surface area contributed by atoms with Crippen molar-refractivity contribution in [1.29, 1.82) is 0 Å². The number of hydrogen-bond acceptors (Lipinski definition) is 6.